The highest BCUT2D eigenvalue weighted by Gasteiger charge is 2.56. The van der Waals surface area contributed by atoms with E-state index in [9.17, 15) is 15.0 Å². The fourth-order valence-electron chi connectivity index (χ4n) is 7.05. The van der Waals surface area contributed by atoms with E-state index in [-0.39, 0.29) is 17.3 Å². The lowest BCUT2D eigenvalue weighted by molar-refractivity contribution is -0.136. The fraction of sp³-hybridized carbons (Fsp3) is 0.783. The van der Waals surface area contributed by atoms with Crippen LogP contribution in [0.5, 0.6) is 0 Å². The van der Waals surface area contributed by atoms with E-state index in [2.05, 4.69) is 32.9 Å². The summed E-state index contributed by atoms with van der Waals surface area (Å²) in [4.78, 5) is 11.2. The number of carboxylic acids is 1. The van der Waals surface area contributed by atoms with Crippen molar-refractivity contribution < 1.29 is 15.0 Å². The van der Waals surface area contributed by atoms with Crippen molar-refractivity contribution in [1.82, 2.24) is 0 Å². The normalized spacial score (nSPS) is 47.3. The Morgan fingerprint density at radius 1 is 1.23 bits per heavy atom. The second-order valence-corrected chi connectivity index (χ2v) is 10.1. The van der Waals surface area contributed by atoms with Crippen LogP contribution in [0, 0.1) is 28.6 Å². The molecule has 3 nitrogen and oxygen atoms in total. The zero-order valence-electron chi connectivity index (χ0n) is 16.6. The molecular formula is C23H34O3. The van der Waals surface area contributed by atoms with Gasteiger partial charge >= 0.3 is 5.97 Å². The maximum atomic E-state index is 11.2. The molecule has 0 aromatic carbocycles. The van der Waals surface area contributed by atoms with Crippen LogP contribution >= 0.6 is 0 Å². The molecule has 0 bridgehead atoms. The van der Waals surface area contributed by atoms with Gasteiger partial charge in [-0.05, 0) is 80.0 Å². The van der Waals surface area contributed by atoms with E-state index in [4.69, 9.17) is 0 Å². The van der Waals surface area contributed by atoms with Gasteiger partial charge in [-0.3, -0.25) is 4.79 Å². The summed E-state index contributed by atoms with van der Waals surface area (Å²) >= 11 is 0. The average Bonchev–Trinajstić information content (AvgIpc) is 2.91. The van der Waals surface area contributed by atoms with Crippen LogP contribution in [0.4, 0.5) is 0 Å². The highest BCUT2D eigenvalue weighted by atomic mass is 16.4. The minimum Gasteiger partial charge on any atom is -0.481 e. The molecule has 0 aromatic rings. The summed E-state index contributed by atoms with van der Waals surface area (Å²) in [5, 5.41) is 20.1. The van der Waals surface area contributed by atoms with E-state index >= 15 is 0 Å². The maximum Gasteiger partial charge on any atom is 0.307 e. The number of hydrogen-bond acceptors (Lipinski definition) is 2. The van der Waals surface area contributed by atoms with Crippen LogP contribution in [0.2, 0.25) is 0 Å². The minimum atomic E-state index is -0.695. The predicted octanol–water partition coefficient (Wildman–Crippen LogP) is 5.10. The van der Waals surface area contributed by atoms with E-state index in [1.807, 2.05) is 0 Å². The Kier molecular flexibility index (Phi) is 4.19. The smallest absolute Gasteiger partial charge is 0.307 e. The molecule has 0 spiro atoms. The molecule has 0 unspecified atom stereocenters. The lowest BCUT2D eigenvalue weighted by atomic mass is 9.47. The Hall–Kier alpha value is -1.09. The van der Waals surface area contributed by atoms with Crippen molar-refractivity contribution in [1.29, 1.82) is 0 Å². The first-order valence-electron chi connectivity index (χ1n) is 10.5. The van der Waals surface area contributed by atoms with Crippen molar-refractivity contribution in [2.24, 2.45) is 28.6 Å². The Balaban J connectivity index is 1.60. The molecule has 144 valence electrons. The number of aliphatic carboxylic acids is 1. The van der Waals surface area contributed by atoms with E-state index in [1.54, 1.807) is 0 Å². The van der Waals surface area contributed by atoms with Crippen LogP contribution in [0.1, 0.15) is 78.6 Å². The summed E-state index contributed by atoms with van der Waals surface area (Å²) in [5.41, 5.74) is 2.59. The topological polar surface area (TPSA) is 57.5 Å². The van der Waals surface area contributed by atoms with Crippen LogP contribution in [0.25, 0.3) is 0 Å². The van der Waals surface area contributed by atoms with Crippen molar-refractivity contribution in [2.75, 3.05) is 0 Å². The van der Waals surface area contributed by atoms with Crippen LogP contribution in [-0.4, -0.2) is 21.8 Å². The van der Waals surface area contributed by atoms with Gasteiger partial charge in [0.1, 0.15) is 0 Å². The Morgan fingerprint density at radius 2 is 2.00 bits per heavy atom. The molecule has 0 heterocycles. The summed E-state index contributed by atoms with van der Waals surface area (Å²) in [6.45, 7) is 6.92. The molecule has 0 saturated heterocycles. The summed E-state index contributed by atoms with van der Waals surface area (Å²) < 4.78 is 0. The van der Waals surface area contributed by atoms with Gasteiger partial charge in [0.25, 0.3) is 0 Å². The number of carboxylic acid groups (broad SMARTS) is 1. The van der Waals surface area contributed by atoms with Crippen molar-refractivity contribution >= 4 is 5.97 Å². The standard InChI is InChI=1S/C23H34O3/c1-4-23(26)10-9-22(3)16(14-23)5-6-17-18(22)7-8-21(2)13-15(11-19(17)21)12-20(24)25/h5,13,17-19,26H,4,6-12,14H2,1-3H3,(H,24,25)/t17-,18+,19+,21-,22+,23+/m1/s1. The molecule has 26 heavy (non-hydrogen) atoms. The Labute approximate surface area is 157 Å². The molecule has 0 aromatic heterocycles. The minimum absolute atomic E-state index is 0.187. The highest BCUT2D eigenvalue weighted by Crippen LogP contribution is 2.65. The number of allylic oxidation sites excluding steroid dienone is 2. The number of fused-ring (bicyclic) bond motifs is 5. The molecule has 3 heteroatoms. The van der Waals surface area contributed by atoms with Gasteiger partial charge in [-0.15, -0.1) is 0 Å². The zero-order valence-corrected chi connectivity index (χ0v) is 16.6. The average molecular weight is 359 g/mol. The van der Waals surface area contributed by atoms with Crippen molar-refractivity contribution in [2.45, 2.75) is 84.2 Å². The SMILES string of the molecule is CC[C@]1(O)CC[C@@]2(C)C(=CC[C@H]3[C@@H]4CC(CC(=O)O)=C[C@@]4(C)CC[C@@H]32)C1. The molecule has 6 atom stereocenters. The molecule has 0 amide bonds. The third kappa shape index (κ3) is 2.69. The highest BCUT2D eigenvalue weighted by molar-refractivity contribution is 5.70. The van der Waals surface area contributed by atoms with Crippen molar-refractivity contribution in [3.05, 3.63) is 23.3 Å². The van der Waals surface area contributed by atoms with Gasteiger partial charge in [-0.2, -0.15) is 0 Å². The molecule has 0 radical (unpaired) electrons. The first-order chi connectivity index (χ1) is 12.2. The van der Waals surface area contributed by atoms with Gasteiger partial charge in [0.15, 0.2) is 0 Å². The molecular weight excluding hydrogens is 324 g/mol. The lowest BCUT2D eigenvalue weighted by Gasteiger charge is -2.58. The first kappa shape index (κ1) is 18.3. The molecule has 2 saturated carbocycles. The van der Waals surface area contributed by atoms with Crippen LogP contribution in [-0.2, 0) is 4.79 Å². The largest absolute Gasteiger partial charge is 0.481 e. The van der Waals surface area contributed by atoms with Crippen LogP contribution in [0.15, 0.2) is 23.3 Å². The van der Waals surface area contributed by atoms with Gasteiger partial charge in [0.2, 0.25) is 0 Å². The molecule has 0 aliphatic heterocycles. The van der Waals surface area contributed by atoms with Crippen molar-refractivity contribution in [3.63, 3.8) is 0 Å². The second-order valence-electron chi connectivity index (χ2n) is 10.1. The third-order valence-corrected chi connectivity index (χ3v) is 8.74. The van der Waals surface area contributed by atoms with E-state index in [0.717, 1.165) is 44.1 Å². The molecule has 2 N–H and O–H groups in total. The monoisotopic (exact) mass is 358 g/mol. The van der Waals surface area contributed by atoms with Crippen LogP contribution in [0.3, 0.4) is 0 Å². The zero-order chi connectivity index (χ0) is 18.7. The van der Waals surface area contributed by atoms with Gasteiger partial charge in [0, 0.05) is 0 Å². The number of aliphatic hydroxyl groups is 1. The fourth-order valence-corrected chi connectivity index (χ4v) is 7.05. The van der Waals surface area contributed by atoms with Crippen LogP contribution < -0.4 is 0 Å². The first-order valence-corrected chi connectivity index (χ1v) is 10.5. The third-order valence-electron chi connectivity index (χ3n) is 8.74. The summed E-state index contributed by atoms with van der Waals surface area (Å²) in [6.07, 6.45) is 13.2. The lowest BCUT2D eigenvalue weighted by Crippen LogP contribution is -2.51. The van der Waals surface area contributed by atoms with Gasteiger partial charge in [-0.1, -0.05) is 44.1 Å². The summed E-state index contributed by atoms with van der Waals surface area (Å²) in [5.74, 6) is 1.26. The van der Waals surface area contributed by atoms with Gasteiger partial charge in [0.05, 0.1) is 12.0 Å². The van der Waals surface area contributed by atoms with E-state index < -0.39 is 11.6 Å². The molecule has 2 fully saturated rings. The van der Waals surface area contributed by atoms with Crippen molar-refractivity contribution in [3.8, 4) is 0 Å². The second kappa shape index (κ2) is 5.95. The van der Waals surface area contributed by atoms with Gasteiger partial charge < -0.3 is 10.2 Å². The Morgan fingerprint density at radius 3 is 2.69 bits per heavy atom. The number of carbonyl (C=O) groups is 1. The molecule has 4 aliphatic rings. The molecule has 4 rings (SSSR count). The predicted molar refractivity (Wildman–Crippen MR) is 103 cm³/mol. The van der Waals surface area contributed by atoms with Gasteiger partial charge in [-0.25, -0.2) is 0 Å². The summed E-state index contributed by atoms with van der Waals surface area (Å²) in [7, 11) is 0. The Bertz CT molecular complexity index is 677. The number of hydrogen-bond donors (Lipinski definition) is 2. The van der Waals surface area contributed by atoms with E-state index in [0.29, 0.717) is 17.8 Å². The van der Waals surface area contributed by atoms with E-state index in [1.165, 1.54) is 18.4 Å². The summed E-state index contributed by atoms with van der Waals surface area (Å²) in [6, 6.07) is 0. The number of rotatable bonds is 3. The molecule has 4 aliphatic carbocycles. The quantitative estimate of drug-likeness (QED) is 0.690. The maximum absolute atomic E-state index is 11.2.